The lowest BCUT2D eigenvalue weighted by Gasteiger charge is -2.15. The SMILES string of the molecule is COc1ccc(C(=O)c2cn(CC(=O)Nc3ccc(OC)cc3OC)c3ccc(F)cc3c2=O)cc1. The van der Waals surface area contributed by atoms with Crippen LogP contribution in [0.5, 0.6) is 17.2 Å². The number of fused-ring (bicyclic) bond motifs is 1. The molecule has 1 amide bonds. The number of aromatic nitrogens is 1. The number of benzene rings is 3. The van der Waals surface area contributed by atoms with Gasteiger partial charge in [-0.2, -0.15) is 0 Å². The summed E-state index contributed by atoms with van der Waals surface area (Å²) in [6.07, 6.45) is 1.32. The molecule has 8 nitrogen and oxygen atoms in total. The standard InChI is InChI=1S/C27H23FN2O6/c1-34-18-7-4-16(5-8-18)26(32)21-14-30(23-11-6-17(28)12-20(23)27(21)33)15-25(31)29-22-10-9-19(35-2)13-24(22)36-3/h4-14H,15H2,1-3H3,(H,29,31). The highest BCUT2D eigenvalue weighted by molar-refractivity contribution is 6.10. The molecule has 0 aliphatic heterocycles. The highest BCUT2D eigenvalue weighted by atomic mass is 19.1. The number of halogens is 1. The topological polar surface area (TPSA) is 95.9 Å². The molecule has 0 spiro atoms. The first-order chi connectivity index (χ1) is 17.3. The Hall–Kier alpha value is -4.66. The van der Waals surface area contributed by atoms with Gasteiger partial charge in [-0.3, -0.25) is 14.4 Å². The zero-order valence-corrected chi connectivity index (χ0v) is 19.8. The van der Waals surface area contributed by atoms with Crippen LogP contribution >= 0.6 is 0 Å². The summed E-state index contributed by atoms with van der Waals surface area (Å²) in [5.74, 6) is -0.136. The summed E-state index contributed by atoms with van der Waals surface area (Å²) in [4.78, 5) is 39.3. The molecular weight excluding hydrogens is 467 g/mol. The van der Waals surface area contributed by atoms with Gasteiger partial charge >= 0.3 is 0 Å². The van der Waals surface area contributed by atoms with E-state index in [0.717, 1.165) is 6.07 Å². The molecule has 1 aromatic heterocycles. The van der Waals surface area contributed by atoms with Crippen molar-refractivity contribution >= 4 is 28.3 Å². The number of methoxy groups -OCH3 is 3. The van der Waals surface area contributed by atoms with Gasteiger partial charge in [0.1, 0.15) is 29.6 Å². The maximum absolute atomic E-state index is 14.0. The molecule has 1 heterocycles. The summed E-state index contributed by atoms with van der Waals surface area (Å²) in [6.45, 7) is -0.250. The summed E-state index contributed by atoms with van der Waals surface area (Å²) in [7, 11) is 4.48. The molecule has 184 valence electrons. The van der Waals surface area contributed by atoms with Crippen LogP contribution in [-0.4, -0.2) is 37.6 Å². The number of hydrogen-bond donors (Lipinski definition) is 1. The quantitative estimate of drug-likeness (QED) is 0.375. The third-order valence-corrected chi connectivity index (χ3v) is 5.64. The Morgan fingerprint density at radius 2 is 1.58 bits per heavy atom. The third kappa shape index (κ3) is 4.90. The fourth-order valence-electron chi connectivity index (χ4n) is 3.81. The Labute approximate surface area is 205 Å². The Morgan fingerprint density at radius 3 is 2.25 bits per heavy atom. The van der Waals surface area contributed by atoms with Crippen LogP contribution in [0.15, 0.2) is 71.7 Å². The van der Waals surface area contributed by atoms with Crippen LogP contribution in [0.4, 0.5) is 10.1 Å². The van der Waals surface area contributed by atoms with E-state index in [-0.39, 0.29) is 23.1 Å². The van der Waals surface area contributed by atoms with Gasteiger partial charge in [-0.15, -0.1) is 0 Å². The van der Waals surface area contributed by atoms with E-state index in [0.29, 0.717) is 28.5 Å². The second-order valence-corrected chi connectivity index (χ2v) is 7.83. The van der Waals surface area contributed by atoms with Crippen LogP contribution in [0.3, 0.4) is 0 Å². The van der Waals surface area contributed by atoms with Crippen molar-refractivity contribution in [3.63, 3.8) is 0 Å². The summed E-state index contributed by atoms with van der Waals surface area (Å²) >= 11 is 0. The number of carbonyl (C=O) groups excluding carboxylic acids is 2. The van der Waals surface area contributed by atoms with Gasteiger partial charge in [0.05, 0.1) is 38.1 Å². The summed E-state index contributed by atoms with van der Waals surface area (Å²) < 4.78 is 31.1. The molecule has 1 N–H and O–H groups in total. The van der Waals surface area contributed by atoms with Crippen LogP contribution in [0.1, 0.15) is 15.9 Å². The molecule has 0 saturated heterocycles. The van der Waals surface area contributed by atoms with Crippen molar-refractivity contribution in [3.05, 3.63) is 94.0 Å². The minimum atomic E-state index is -0.632. The number of nitrogens with zero attached hydrogens (tertiary/aromatic N) is 1. The van der Waals surface area contributed by atoms with Gasteiger partial charge < -0.3 is 24.1 Å². The highest BCUT2D eigenvalue weighted by Crippen LogP contribution is 2.29. The molecule has 4 aromatic rings. The van der Waals surface area contributed by atoms with Crippen molar-refractivity contribution in [2.75, 3.05) is 26.6 Å². The monoisotopic (exact) mass is 490 g/mol. The highest BCUT2D eigenvalue weighted by Gasteiger charge is 2.19. The summed E-state index contributed by atoms with van der Waals surface area (Å²) in [5, 5.41) is 2.74. The van der Waals surface area contributed by atoms with Gasteiger partial charge in [-0.25, -0.2) is 4.39 Å². The summed E-state index contributed by atoms with van der Waals surface area (Å²) in [5.41, 5.74) is 0.160. The van der Waals surface area contributed by atoms with E-state index >= 15 is 0 Å². The van der Waals surface area contributed by atoms with Gasteiger partial charge in [0.2, 0.25) is 11.3 Å². The lowest BCUT2D eigenvalue weighted by atomic mass is 10.0. The van der Waals surface area contributed by atoms with Crippen LogP contribution in [0.25, 0.3) is 10.9 Å². The first kappa shape index (κ1) is 24.5. The fraction of sp³-hybridized carbons (Fsp3) is 0.148. The van der Waals surface area contributed by atoms with Crippen molar-refractivity contribution in [1.82, 2.24) is 4.57 Å². The molecule has 0 aliphatic rings. The van der Waals surface area contributed by atoms with Gasteiger partial charge in [0.25, 0.3) is 0 Å². The average molecular weight is 490 g/mol. The van der Waals surface area contributed by atoms with Crippen LogP contribution in [0.2, 0.25) is 0 Å². The van der Waals surface area contributed by atoms with Gasteiger partial charge in [-0.05, 0) is 54.6 Å². The van der Waals surface area contributed by atoms with Gasteiger partial charge in [0, 0.05) is 23.2 Å². The second kappa shape index (κ2) is 10.3. The van der Waals surface area contributed by atoms with Crippen LogP contribution < -0.4 is 25.0 Å². The zero-order valence-electron chi connectivity index (χ0n) is 19.8. The molecule has 0 unspecified atom stereocenters. The lowest BCUT2D eigenvalue weighted by Crippen LogP contribution is -2.24. The fourth-order valence-corrected chi connectivity index (χ4v) is 3.81. The third-order valence-electron chi connectivity index (χ3n) is 5.64. The van der Waals surface area contributed by atoms with Crippen LogP contribution in [0, 0.1) is 5.82 Å². The van der Waals surface area contributed by atoms with Gasteiger partial charge in [0.15, 0.2) is 5.78 Å². The maximum Gasteiger partial charge on any atom is 0.244 e. The number of rotatable bonds is 8. The van der Waals surface area contributed by atoms with E-state index in [1.54, 1.807) is 30.3 Å². The number of ether oxygens (including phenoxy) is 3. The van der Waals surface area contributed by atoms with Gasteiger partial charge in [-0.1, -0.05) is 0 Å². The number of hydrogen-bond acceptors (Lipinski definition) is 6. The van der Waals surface area contributed by atoms with Crippen molar-refractivity contribution in [1.29, 1.82) is 0 Å². The molecule has 0 atom stereocenters. The number of ketones is 1. The van der Waals surface area contributed by atoms with Crippen molar-refractivity contribution < 1.29 is 28.2 Å². The number of anilines is 1. The molecule has 0 bridgehead atoms. The largest absolute Gasteiger partial charge is 0.497 e. The predicted octanol–water partition coefficient (Wildman–Crippen LogP) is 4.04. The lowest BCUT2D eigenvalue weighted by molar-refractivity contribution is -0.116. The number of pyridine rings is 1. The molecule has 0 fully saturated rings. The smallest absolute Gasteiger partial charge is 0.244 e. The van der Waals surface area contributed by atoms with Crippen LogP contribution in [-0.2, 0) is 11.3 Å². The number of amides is 1. The Balaban J connectivity index is 1.72. The molecule has 9 heteroatoms. The normalized spacial score (nSPS) is 10.7. The predicted molar refractivity (Wildman–Crippen MR) is 133 cm³/mol. The molecule has 36 heavy (non-hydrogen) atoms. The van der Waals surface area contributed by atoms with E-state index < -0.39 is 22.9 Å². The maximum atomic E-state index is 14.0. The number of nitrogens with one attached hydrogen (secondary N) is 1. The Morgan fingerprint density at radius 1 is 0.889 bits per heavy atom. The second-order valence-electron chi connectivity index (χ2n) is 7.83. The molecule has 3 aromatic carbocycles. The Bertz CT molecular complexity index is 1510. The van der Waals surface area contributed by atoms with E-state index in [1.807, 2.05) is 0 Å². The van der Waals surface area contributed by atoms with Crippen molar-refractivity contribution in [2.24, 2.45) is 0 Å². The average Bonchev–Trinajstić information content (AvgIpc) is 2.90. The summed E-state index contributed by atoms with van der Waals surface area (Å²) in [6, 6.07) is 14.8. The molecule has 0 aliphatic carbocycles. The van der Waals surface area contributed by atoms with E-state index in [4.69, 9.17) is 14.2 Å². The zero-order chi connectivity index (χ0) is 25.8. The number of carbonyl (C=O) groups is 2. The minimum Gasteiger partial charge on any atom is -0.497 e. The molecule has 4 rings (SSSR count). The molecular formula is C27H23FN2O6. The van der Waals surface area contributed by atoms with E-state index in [2.05, 4.69) is 5.32 Å². The first-order valence-corrected chi connectivity index (χ1v) is 10.9. The molecule has 0 saturated carbocycles. The van der Waals surface area contributed by atoms with Crippen molar-refractivity contribution in [2.45, 2.75) is 6.54 Å². The Kier molecular flexibility index (Phi) is 7.00. The van der Waals surface area contributed by atoms with E-state index in [9.17, 15) is 18.8 Å². The minimum absolute atomic E-state index is 0.0100. The van der Waals surface area contributed by atoms with E-state index in [1.165, 1.54) is 56.4 Å². The first-order valence-electron chi connectivity index (χ1n) is 10.9. The molecule has 0 radical (unpaired) electrons. The van der Waals surface area contributed by atoms with Crippen molar-refractivity contribution in [3.8, 4) is 17.2 Å².